The van der Waals surface area contributed by atoms with Crippen LogP contribution in [0, 0.1) is 6.92 Å². The van der Waals surface area contributed by atoms with E-state index in [-0.39, 0.29) is 5.91 Å². The predicted molar refractivity (Wildman–Crippen MR) is 87.6 cm³/mol. The van der Waals surface area contributed by atoms with Crippen LogP contribution in [0.5, 0.6) is 5.75 Å². The van der Waals surface area contributed by atoms with Crippen LogP contribution in [0.2, 0.25) is 0 Å². The summed E-state index contributed by atoms with van der Waals surface area (Å²) in [6, 6.07) is 14.9. The average Bonchev–Trinajstić information content (AvgIpc) is 2.52. The van der Waals surface area contributed by atoms with Gasteiger partial charge in [-0.15, -0.1) is 0 Å². The highest BCUT2D eigenvalue weighted by atomic mass is 16.5. The average molecular weight is 299 g/mol. The van der Waals surface area contributed by atoms with Gasteiger partial charge in [-0.1, -0.05) is 24.3 Å². The van der Waals surface area contributed by atoms with Gasteiger partial charge in [-0.25, -0.2) is 0 Å². The van der Waals surface area contributed by atoms with Crippen molar-refractivity contribution in [3.8, 4) is 5.75 Å². The van der Waals surface area contributed by atoms with Crippen LogP contribution in [0.1, 0.15) is 22.8 Å². The second-order valence-electron chi connectivity index (χ2n) is 4.87. The Bertz CT molecular complexity index is 625. The Morgan fingerprint density at radius 2 is 1.91 bits per heavy atom. The van der Waals surface area contributed by atoms with Gasteiger partial charge in [0.1, 0.15) is 12.4 Å². The van der Waals surface area contributed by atoms with Gasteiger partial charge in [0.2, 0.25) is 0 Å². The summed E-state index contributed by atoms with van der Waals surface area (Å²) in [7, 11) is 0. The van der Waals surface area contributed by atoms with E-state index in [1.807, 2.05) is 50.2 Å². The SMILES string of the molecule is CCOCCOc1ccccc1C(=O)Nc1cccc(C)c1. The molecule has 1 N–H and O–H groups in total. The third kappa shape index (κ3) is 4.60. The number of nitrogens with one attached hydrogen (secondary N) is 1. The molecule has 1 amide bonds. The molecule has 0 aliphatic carbocycles. The Kier molecular flexibility index (Phi) is 5.98. The van der Waals surface area contributed by atoms with Crippen molar-refractivity contribution in [2.75, 3.05) is 25.1 Å². The molecule has 4 heteroatoms. The lowest BCUT2D eigenvalue weighted by atomic mass is 10.1. The summed E-state index contributed by atoms with van der Waals surface area (Å²) < 4.78 is 10.9. The zero-order valence-corrected chi connectivity index (χ0v) is 13.0. The van der Waals surface area contributed by atoms with Crippen LogP contribution in [-0.2, 0) is 4.74 Å². The number of anilines is 1. The molecule has 116 valence electrons. The summed E-state index contributed by atoms with van der Waals surface area (Å²) in [5.74, 6) is 0.380. The van der Waals surface area contributed by atoms with Crippen LogP contribution in [-0.4, -0.2) is 25.7 Å². The molecule has 4 nitrogen and oxygen atoms in total. The molecule has 0 aliphatic heterocycles. The molecule has 0 radical (unpaired) electrons. The Morgan fingerprint density at radius 1 is 1.09 bits per heavy atom. The monoisotopic (exact) mass is 299 g/mol. The fourth-order valence-electron chi connectivity index (χ4n) is 2.06. The first-order chi connectivity index (χ1) is 10.7. The number of amides is 1. The van der Waals surface area contributed by atoms with Crippen molar-refractivity contribution < 1.29 is 14.3 Å². The van der Waals surface area contributed by atoms with E-state index in [0.29, 0.717) is 31.1 Å². The third-order valence-electron chi connectivity index (χ3n) is 3.10. The summed E-state index contributed by atoms with van der Waals surface area (Å²) >= 11 is 0. The zero-order valence-electron chi connectivity index (χ0n) is 13.0. The number of aryl methyl sites for hydroxylation is 1. The minimum absolute atomic E-state index is 0.183. The smallest absolute Gasteiger partial charge is 0.259 e. The normalized spacial score (nSPS) is 10.3. The molecule has 0 heterocycles. The highest BCUT2D eigenvalue weighted by molar-refractivity contribution is 6.06. The standard InChI is InChI=1S/C18H21NO3/c1-3-21-11-12-22-17-10-5-4-9-16(17)18(20)19-15-8-6-7-14(2)13-15/h4-10,13H,3,11-12H2,1-2H3,(H,19,20). The minimum atomic E-state index is -0.183. The van der Waals surface area contributed by atoms with E-state index in [4.69, 9.17) is 9.47 Å². The number of carbonyl (C=O) groups excluding carboxylic acids is 1. The maximum atomic E-state index is 12.4. The molecular weight excluding hydrogens is 278 g/mol. The van der Waals surface area contributed by atoms with E-state index < -0.39 is 0 Å². The summed E-state index contributed by atoms with van der Waals surface area (Å²) in [5, 5.41) is 2.89. The minimum Gasteiger partial charge on any atom is -0.490 e. The van der Waals surface area contributed by atoms with Gasteiger partial charge in [-0.05, 0) is 43.7 Å². The number of benzene rings is 2. The molecule has 0 aromatic heterocycles. The summed E-state index contributed by atoms with van der Waals surface area (Å²) in [6.45, 7) is 5.50. The van der Waals surface area contributed by atoms with Crippen LogP contribution < -0.4 is 10.1 Å². The fraction of sp³-hybridized carbons (Fsp3) is 0.278. The Balaban J connectivity index is 2.05. The highest BCUT2D eigenvalue weighted by Gasteiger charge is 2.12. The first-order valence-electron chi connectivity index (χ1n) is 7.38. The van der Waals surface area contributed by atoms with E-state index in [1.165, 1.54) is 0 Å². The molecule has 0 spiro atoms. The Hall–Kier alpha value is -2.33. The zero-order chi connectivity index (χ0) is 15.8. The third-order valence-corrected chi connectivity index (χ3v) is 3.10. The Labute approximate surface area is 131 Å². The second-order valence-corrected chi connectivity index (χ2v) is 4.87. The molecule has 0 saturated heterocycles. The number of para-hydroxylation sites is 1. The molecule has 0 aliphatic rings. The fourth-order valence-corrected chi connectivity index (χ4v) is 2.06. The number of hydrogen-bond acceptors (Lipinski definition) is 3. The molecule has 0 bridgehead atoms. The summed E-state index contributed by atoms with van der Waals surface area (Å²) in [6.07, 6.45) is 0. The van der Waals surface area contributed by atoms with E-state index in [0.717, 1.165) is 11.3 Å². The number of hydrogen-bond donors (Lipinski definition) is 1. The lowest BCUT2D eigenvalue weighted by Gasteiger charge is -2.12. The van der Waals surface area contributed by atoms with Crippen molar-refractivity contribution in [1.29, 1.82) is 0 Å². The number of carbonyl (C=O) groups is 1. The van der Waals surface area contributed by atoms with E-state index in [9.17, 15) is 4.79 Å². The van der Waals surface area contributed by atoms with Gasteiger partial charge in [0, 0.05) is 12.3 Å². The maximum absolute atomic E-state index is 12.4. The van der Waals surface area contributed by atoms with Crippen molar-refractivity contribution in [3.63, 3.8) is 0 Å². The molecule has 2 aromatic carbocycles. The van der Waals surface area contributed by atoms with Gasteiger partial charge in [0.15, 0.2) is 0 Å². The highest BCUT2D eigenvalue weighted by Crippen LogP contribution is 2.20. The van der Waals surface area contributed by atoms with Crippen molar-refractivity contribution in [2.24, 2.45) is 0 Å². The van der Waals surface area contributed by atoms with Crippen molar-refractivity contribution in [2.45, 2.75) is 13.8 Å². The lowest BCUT2D eigenvalue weighted by Crippen LogP contribution is -2.15. The van der Waals surface area contributed by atoms with Crippen LogP contribution in [0.15, 0.2) is 48.5 Å². The molecule has 0 atom stereocenters. The topological polar surface area (TPSA) is 47.6 Å². The van der Waals surface area contributed by atoms with Gasteiger partial charge in [-0.2, -0.15) is 0 Å². The summed E-state index contributed by atoms with van der Waals surface area (Å²) in [5.41, 5.74) is 2.38. The maximum Gasteiger partial charge on any atom is 0.259 e. The van der Waals surface area contributed by atoms with E-state index >= 15 is 0 Å². The lowest BCUT2D eigenvalue weighted by molar-refractivity contribution is 0.0998. The molecule has 2 rings (SSSR count). The summed E-state index contributed by atoms with van der Waals surface area (Å²) in [4.78, 5) is 12.4. The van der Waals surface area contributed by atoms with E-state index in [1.54, 1.807) is 12.1 Å². The van der Waals surface area contributed by atoms with Crippen molar-refractivity contribution >= 4 is 11.6 Å². The predicted octanol–water partition coefficient (Wildman–Crippen LogP) is 3.66. The number of ether oxygens (including phenoxy) is 2. The van der Waals surface area contributed by atoms with Gasteiger partial charge in [0.05, 0.1) is 12.2 Å². The van der Waals surface area contributed by atoms with E-state index in [2.05, 4.69) is 5.32 Å². The van der Waals surface area contributed by atoms with Gasteiger partial charge in [-0.3, -0.25) is 4.79 Å². The van der Waals surface area contributed by atoms with Crippen LogP contribution >= 0.6 is 0 Å². The first-order valence-corrected chi connectivity index (χ1v) is 7.38. The molecule has 0 fully saturated rings. The van der Waals surface area contributed by atoms with Gasteiger partial charge >= 0.3 is 0 Å². The van der Waals surface area contributed by atoms with Crippen LogP contribution in [0.4, 0.5) is 5.69 Å². The molecule has 0 saturated carbocycles. The van der Waals surface area contributed by atoms with Crippen molar-refractivity contribution in [1.82, 2.24) is 0 Å². The van der Waals surface area contributed by atoms with Crippen molar-refractivity contribution in [3.05, 3.63) is 59.7 Å². The van der Waals surface area contributed by atoms with Crippen LogP contribution in [0.3, 0.4) is 0 Å². The first kappa shape index (κ1) is 16.0. The molecule has 22 heavy (non-hydrogen) atoms. The Morgan fingerprint density at radius 3 is 2.68 bits per heavy atom. The number of rotatable bonds is 7. The van der Waals surface area contributed by atoms with Gasteiger partial charge < -0.3 is 14.8 Å². The molecule has 2 aromatic rings. The van der Waals surface area contributed by atoms with Gasteiger partial charge in [0.25, 0.3) is 5.91 Å². The van der Waals surface area contributed by atoms with Crippen LogP contribution in [0.25, 0.3) is 0 Å². The molecule has 0 unspecified atom stereocenters. The quantitative estimate of drug-likeness (QED) is 0.794. The molecular formula is C18H21NO3. The second kappa shape index (κ2) is 8.20. The largest absolute Gasteiger partial charge is 0.490 e.